The summed E-state index contributed by atoms with van der Waals surface area (Å²) in [6.45, 7) is 3.44. The smallest absolute Gasteiger partial charge is 0.243 e. The Morgan fingerprint density at radius 1 is 1.14 bits per heavy atom. The zero-order valence-electron chi connectivity index (χ0n) is 16.7. The van der Waals surface area contributed by atoms with Gasteiger partial charge in [-0.1, -0.05) is 12.1 Å². The molecule has 2 aromatic rings. The van der Waals surface area contributed by atoms with Gasteiger partial charge >= 0.3 is 0 Å². The van der Waals surface area contributed by atoms with E-state index in [1.54, 1.807) is 26.2 Å². The molecule has 1 fully saturated rings. The topological polar surface area (TPSA) is 87.7 Å². The van der Waals surface area contributed by atoms with Crippen molar-refractivity contribution in [2.24, 2.45) is 0 Å². The van der Waals surface area contributed by atoms with Gasteiger partial charge in [0.2, 0.25) is 15.9 Å². The summed E-state index contributed by atoms with van der Waals surface area (Å²) in [5, 5.41) is 5.99. The van der Waals surface area contributed by atoms with Crippen molar-refractivity contribution in [2.75, 3.05) is 25.5 Å². The van der Waals surface area contributed by atoms with Gasteiger partial charge in [0.15, 0.2) is 0 Å². The predicted molar refractivity (Wildman–Crippen MR) is 112 cm³/mol. The highest BCUT2D eigenvalue weighted by molar-refractivity contribution is 7.89. The van der Waals surface area contributed by atoms with Crippen molar-refractivity contribution in [2.45, 2.75) is 37.2 Å². The molecule has 2 aromatic carbocycles. The fourth-order valence-electron chi connectivity index (χ4n) is 3.18. The van der Waals surface area contributed by atoms with E-state index in [2.05, 4.69) is 10.6 Å². The Bertz CT molecular complexity index is 939. The number of carbonyl (C=O) groups excluding carboxylic acids is 1. The van der Waals surface area contributed by atoms with Gasteiger partial charge in [0.25, 0.3) is 0 Å². The van der Waals surface area contributed by atoms with Crippen molar-refractivity contribution >= 4 is 21.6 Å². The SMILES string of the molecule is COc1cccc(CN[C@H](C)C(=O)Nc2ccc(S(=O)(=O)N3CCCC3)cc2)c1. The molecule has 2 N–H and O–H groups in total. The summed E-state index contributed by atoms with van der Waals surface area (Å²) >= 11 is 0. The highest BCUT2D eigenvalue weighted by atomic mass is 32.2. The fourth-order valence-corrected chi connectivity index (χ4v) is 4.70. The molecule has 0 bridgehead atoms. The number of rotatable bonds is 8. The molecule has 1 aliphatic rings. The Hall–Kier alpha value is -2.42. The van der Waals surface area contributed by atoms with Crippen molar-refractivity contribution in [1.82, 2.24) is 9.62 Å². The second-order valence-electron chi connectivity index (χ2n) is 7.08. The van der Waals surface area contributed by atoms with Crippen LogP contribution in [0.2, 0.25) is 0 Å². The Kier molecular flexibility index (Phi) is 6.89. The number of hydrogen-bond acceptors (Lipinski definition) is 5. The van der Waals surface area contributed by atoms with E-state index in [9.17, 15) is 13.2 Å². The second-order valence-corrected chi connectivity index (χ2v) is 9.02. The van der Waals surface area contributed by atoms with Gasteiger partial charge < -0.3 is 15.4 Å². The van der Waals surface area contributed by atoms with Crippen LogP contribution in [-0.4, -0.2) is 44.9 Å². The van der Waals surface area contributed by atoms with E-state index in [1.807, 2.05) is 24.3 Å². The van der Waals surface area contributed by atoms with E-state index in [1.165, 1.54) is 16.4 Å². The summed E-state index contributed by atoms with van der Waals surface area (Å²) in [6, 6.07) is 13.5. The van der Waals surface area contributed by atoms with Gasteiger partial charge in [-0.15, -0.1) is 0 Å². The number of anilines is 1. The first kappa shape index (κ1) is 21.3. The third kappa shape index (κ3) is 5.35. The molecule has 0 aromatic heterocycles. The average Bonchev–Trinajstić information content (AvgIpc) is 3.28. The molecule has 8 heteroatoms. The van der Waals surface area contributed by atoms with Gasteiger partial charge in [0.05, 0.1) is 18.0 Å². The van der Waals surface area contributed by atoms with Gasteiger partial charge in [-0.25, -0.2) is 8.42 Å². The van der Waals surface area contributed by atoms with Crippen molar-refractivity contribution in [1.29, 1.82) is 0 Å². The summed E-state index contributed by atoms with van der Waals surface area (Å²) in [6.07, 6.45) is 1.79. The summed E-state index contributed by atoms with van der Waals surface area (Å²) in [5.74, 6) is 0.577. The molecule has 1 saturated heterocycles. The lowest BCUT2D eigenvalue weighted by atomic mass is 10.2. The largest absolute Gasteiger partial charge is 0.497 e. The number of nitrogens with zero attached hydrogens (tertiary/aromatic N) is 1. The number of ether oxygens (including phenoxy) is 1. The van der Waals surface area contributed by atoms with Crippen LogP contribution in [-0.2, 0) is 21.4 Å². The van der Waals surface area contributed by atoms with E-state index >= 15 is 0 Å². The molecule has 3 rings (SSSR count). The third-order valence-electron chi connectivity index (χ3n) is 4.96. The standard InChI is InChI=1S/C21H27N3O4S/c1-16(22-15-17-6-5-7-19(14-17)28-2)21(25)23-18-8-10-20(11-9-18)29(26,27)24-12-3-4-13-24/h5-11,14,16,22H,3-4,12-13,15H2,1-2H3,(H,23,25)/t16-/m1/s1. The van der Waals surface area contributed by atoms with E-state index in [-0.39, 0.29) is 10.8 Å². The molecular formula is C21H27N3O4S. The van der Waals surface area contributed by atoms with Crippen LogP contribution >= 0.6 is 0 Å². The molecular weight excluding hydrogens is 390 g/mol. The first-order valence-electron chi connectivity index (χ1n) is 9.67. The van der Waals surface area contributed by atoms with Crippen LogP contribution in [0.1, 0.15) is 25.3 Å². The lowest BCUT2D eigenvalue weighted by molar-refractivity contribution is -0.117. The molecule has 7 nitrogen and oxygen atoms in total. The average molecular weight is 418 g/mol. The Morgan fingerprint density at radius 2 is 1.83 bits per heavy atom. The molecule has 0 saturated carbocycles. The highest BCUT2D eigenvalue weighted by Crippen LogP contribution is 2.22. The first-order chi connectivity index (χ1) is 13.9. The van der Waals surface area contributed by atoms with Gasteiger partial charge in [-0.3, -0.25) is 4.79 Å². The maximum Gasteiger partial charge on any atom is 0.243 e. The number of carbonyl (C=O) groups is 1. The van der Waals surface area contributed by atoms with Gasteiger partial charge in [-0.05, 0) is 61.7 Å². The van der Waals surface area contributed by atoms with Crippen LogP contribution in [0.15, 0.2) is 53.4 Å². The maximum absolute atomic E-state index is 12.6. The molecule has 1 amide bonds. The number of nitrogens with one attached hydrogen (secondary N) is 2. The van der Waals surface area contributed by atoms with E-state index < -0.39 is 16.1 Å². The summed E-state index contributed by atoms with van der Waals surface area (Å²) in [7, 11) is -1.83. The Labute approximate surface area is 172 Å². The first-order valence-corrected chi connectivity index (χ1v) is 11.1. The molecule has 0 radical (unpaired) electrons. The van der Waals surface area contributed by atoms with Crippen LogP contribution in [0.5, 0.6) is 5.75 Å². The number of hydrogen-bond donors (Lipinski definition) is 2. The molecule has 0 unspecified atom stereocenters. The number of sulfonamides is 1. The van der Waals surface area contributed by atoms with E-state index in [4.69, 9.17) is 4.74 Å². The highest BCUT2D eigenvalue weighted by Gasteiger charge is 2.27. The molecule has 1 atom stereocenters. The van der Waals surface area contributed by atoms with Crippen molar-refractivity contribution in [3.63, 3.8) is 0 Å². The van der Waals surface area contributed by atoms with Crippen molar-refractivity contribution < 1.29 is 17.9 Å². The number of methoxy groups -OCH3 is 1. The zero-order chi connectivity index (χ0) is 20.9. The second kappa shape index (κ2) is 9.39. The lowest BCUT2D eigenvalue weighted by Crippen LogP contribution is -2.37. The lowest BCUT2D eigenvalue weighted by Gasteiger charge is -2.17. The van der Waals surface area contributed by atoms with Crippen molar-refractivity contribution in [3.05, 3.63) is 54.1 Å². The molecule has 156 valence electrons. The van der Waals surface area contributed by atoms with Gasteiger partial charge in [-0.2, -0.15) is 4.31 Å². The van der Waals surface area contributed by atoms with Crippen LogP contribution in [0.4, 0.5) is 5.69 Å². The number of amides is 1. The summed E-state index contributed by atoms with van der Waals surface area (Å²) < 4.78 is 31.8. The zero-order valence-corrected chi connectivity index (χ0v) is 17.5. The molecule has 0 aliphatic carbocycles. The van der Waals surface area contributed by atoms with Crippen LogP contribution in [0, 0.1) is 0 Å². The van der Waals surface area contributed by atoms with E-state index in [0.717, 1.165) is 24.2 Å². The van der Waals surface area contributed by atoms with Crippen LogP contribution < -0.4 is 15.4 Å². The van der Waals surface area contributed by atoms with Crippen molar-refractivity contribution in [3.8, 4) is 5.75 Å². The molecule has 29 heavy (non-hydrogen) atoms. The number of benzene rings is 2. The fraction of sp³-hybridized carbons (Fsp3) is 0.381. The van der Waals surface area contributed by atoms with Gasteiger partial charge in [0, 0.05) is 25.3 Å². The normalized spacial score (nSPS) is 15.8. The quantitative estimate of drug-likeness (QED) is 0.689. The Balaban J connectivity index is 1.55. The summed E-state index contributed by atoms with van der Waals surface area (Å²) in [5.41, 5.74) is 1.57. The summed E-state index contributed by atoms with van der Waals surface area (Å²) in [4.78, 5) is 12.7. The molecule has 1 aliphatic heterocycles. The minimum atomic E-state index is -3.45. The molecule has 0 spiro atoms. The third-order valence-corrected chi connectivity index (χ3v) is 6.88. The van der Waals surface area contributed by atoms with Crippen LogP contribution in [0.25, 0.3) is 0 Å². The molecule has 1 heterocycles. The minimum absolute atomic E-state index is 0.192. The van der Waals surface area contributed by atoms with E-state index in [0.29, 0.717) is 25.3 Å². The van der Waals surface area contributed by atoms with Gasteiger partial charge in [0.1, 0.15) is 5.75 Å². The Morgan fingerprint density at radius 3 is 2.48 bits per heavy atom. The maximum atomic E-state index is 12.6. The monoisotopic (exact) mass is 417 g/mol. The predicted octanol–water partition coefficient (Wildman–Crippen LogP) is 2.60. The minimum Gasteiger partial charge on any atom is -0.497 e. The van der Waals surface area contributed by atoms with Crippen LogP contribution in [0.3, 0.4) is 0 Å².